The van der Waals surface area contributed by atoms with Gasteiger partial charge in [0, 0.05) is 30.1 Å². The van der Waals surface area contributed by atoms with E-state index in [4.69, 9.17) is 4.74 Å². The molecule has 1 heterocycles. The fourth-order valence-corrected chi connectivity index (χ4v) is 3.14. The maximum Gasteiger partial charge on any atom is 0.323 e. The molecule has 0 fully saturated rings. The molecule has 1 atom stereocenters. The Kier molecular flexibility index (Phi) is 7.38. The van der Waals surface area contributed by atoms with Crippen molar-refractivity contribution in [2.75, 3.05) is 17.2 Å². The first-order chi connectivity index (χ1) is 13.9. The number of amides is 2. The highest BCUT2D eigenvalue weighted by Crippen LogP contribution is 2.22. The highest BCUT2D eigenvalue weighted by molar-refractivity contribution is 7.90. The molecule has 2 amide bonds. The highest BCUT2D eigenvalue weighted by Gasteiger charge is 2.29. The smallest absolute Gasteiger partial charge is 0.323 e. The number of pyridine rings is 1. The predicted octanol–water partition coefficient (Wildman–Crippen LogP) is 3.66. The number of hydrogen-bond acceptors (Lipinski definition) is 5. The third kappa shape index (κ3) is 6.96. The fraction of sp³-hybridized carbons (Fsp3) is 0.400. The number of carbonyl (C=O) groups excluding carboxylic acids is 1. The summed E-state index contributed by atoms with van der Waals surface area (Å²) in [6.45, 7) is 8.25. The molecule has 2 aromatic rings. The Balaban J connectivity index is 1.98. The fourth-order valence-electron chi connectivity index (χ4n) is 2.26. The maximum atomic E-state index is 14.0. The van der Waals surface area contributed by atoms with Crippen molar-refractivity contribution in [1.29, 1.82) is 0 Å². The van der Waals surface area contributed by atoms with E-state index in [1.54, 1.807) is 39.8 Å². The van der Waals surface area contributed by atoms with Gasteiger partial charge in [-0.05, 0) is 52.8 Å². The lowest BCUT2D eigenvalue weighted by Crippen LogP contribution is -2.43. The van der Waals surface area contributed by atoms with Crippen molar-refractivity contribution in [2.24, 2.45) is 0 Å². The van der Waals surface area contributed by atoms with Crippen molar-refractivity contribution < 1.29 is 22.3 Å². The number of urea groups is 1. The van der Waals surface area contributed by atoms with E-state index >= 15 is 0 Å². The van der Waals surface area contributed by atoms with Crippen LogP contribution in [0.4, 0.5) is 20.6 Å². The van der Waals surface area contributed by atoms with Gasteiger partial charge in [0.25, 0.3) is 0 Å². The Morgan fingerprint density at radius 1 is 1.17 bits per heavy atom. The minimum absolute atomic E-state index is 0.0137. The number of nitrogens with one attached hydrogen (secondary N) is 3. The van der Waals surface area contributed by atoms with Crippen molar-refractivity contribution in [1.82, 2.24) is 9.71 Å². The first-order valence-electron chi connectivity index (χ1n) is 9.33. The third-order valence-electron chi connectivity index (χ3n) is 4.00. The molecule has 8 nitrogen and oxygen atoms in total. The minimum Gasteiger partial charge on any atom is -0.489 e. The van der Waals surface area contributed by atoms with Crippen molar-refractivity contribution in [2.45, 2.75) is 45.5 Å². The molecule has 2 rings (SSSR count). The molecule has 30 heavy (non-hydrogen) atoms. The van der Waals surface area contributed by atoms with Gasteiger partial charge in [-0.25, -0.2) is 22.3 Å². The number of nitrogens with zero attached hydrogens (tertiary/aromatic N) is 1. The summed E-state index contributed by atoms with van der Waals surface area (Å²) in [6, 6.07) is 6.63. The summed E-state index contributed by atoms with van der Waals surface area (Å²) in [5, 5.41) is 5.12. The lowest BCUT2D eigenvalue weighted by atomic mass is 10.3. The molecule has 0 saturated carbocycles. The average molecular weight is 439 g/mol. The number of aryl methyl sites for hydroxylation is 1. The molecule has 0 bridgehead atoms. The molecule has 0 aliphatic heterocycles. The monoisotopic (exact) mass is 438 g/mol. The molecule has 1 aromatic heterocycles. The second-order valence-electron chi connectivity index (χ2n) is 7.84. The summed E-state index contributed by atoms with van der Waals surface area (Å²) >= 11 is 0. The van der Waals surface area contributed by atoms with Crippen LogP contribution in [-0.4, -0.2) is 36.8 Å². The van der Waals surface area contributed by atoms with Gasteiger partial charge in [0.2, 0.25) is 10.0 Å². The first kappa shape index (κ1) is 23.6. The van der Waals surface area contributed by atoms with Crippen LogP contribution in [0.15, 0.2) is 36.5 Å². The first-order valence-corrected chi connectivity index (χ1v) is 10.8. The van der Waals surface area contributed by atoms with Crippen LogP contribution >= 0.6 is 0 Å². The van der Waals surface area contributed by atoms with E-state index in [1.807, 2.05) is 6.92 Å². The Morgan fingerprint density at radius 2 is 1.83 bits per heavy atom. The quantitative estimate of drug-likeness (QED) is 0.611. The summed E-state index contributed by atoms with van der Waals surface area (Å²) in [4.78, 5) is 16.2. The average Bonchev–Trinajstić information content (AvgIpc) is 2.60. The number of halogens is 1. The second kappa shape index (κ2) is 9.40. The van der Waals surface area contributed by atoms with Crippen LogP contribution in [0.25, 0.3) is 0 Å². The Hall–Kier alpha value is -2.72. The molecule has 0 saturated heterocycles. The number of aromatic nitrogens is 1. The van der Waals surface area contributed by atoms with Crippen LogP contribution in [0.5, 0.6) is 5.75 Å². The molecular formula is C20H27FN4O4S. The zero-order valence-corrected chi connectivity index (χ0v) is 18.4. The van der Waals surface area contributed by atoms with Crippen LogP contribution in [0.3, 0.4) is 0 Å². The number of carbonyl (C=O) groups is 1. The second-order valence-corrected chi connectivity index (χ2v) is 10.4. The van der Waals surface area contributed by atoms with E-state index in [9.17, 15) is 17.6 Å². The number of anilines is 2. The lowest BCUT2D eigenvalue weighted by molar-refractivity contribution is 0.224. The zero-order valence-electron chi connectivity index (χ0n) is 17.6. The number of hydrogen-bond donors (Lipinski definition) is 3. The van der Waals surface area contributed by atoms with Crippen LogP contribution in [0.2, 0.25) is 0 Å². The van der Waals surface area contributed by atoms with E-state index in [0.29, 0.717) is 5.69 Å². The number of sulfonamides is 1. The summed E-state index contributed by atoms with van der Waals surface area (Å²) < 4.78 is 45.3. The maximum absolute atomic E-state index is 14.0. The van der Waals surface area contributed by atoms with E-state index in [-0.39, 0.29) is 18.0 Å². The molecule has 0 aliphatic rings. The molecule has 3 N–H and O–H groups in total. The van der Waals surface area contributed by atoms with Crippen molar-refractivity contribution in [3.05, 3.63) is 48.0 Å². The normalized spacial score (nSPS) is 12.9. The molecule has 0 spiro atoms. The SMILES string of the molecule is Cc1ccc(NC(=O)Nc2cc(F)cc(O[C@@H](C)CNS(=O)(=O)C(C)(C)C)c2)cn1. The van der Waals surface area contributed by atoms with E-state index in [2.05, 4.69) is 20.3 Å². The number of rotatable bonds is 7. The molecular weight excluding hydrogens is 411 g/mol. The summed E-state index contributed by atoms with van der Waals surface area (Å²) in [7, 11) is -3.52. The number of benzene rings is 1. The molecule has 164 valence electrons. The summed E-state index contributed by atoms with van der Waals surface area (Å²) in [5.74, 6) is -0.452. The Morgan fingerprint density at radius 3 is 2.43 bits per heavy atom. The molecule has 0 radical (unpaired) electrons. The van der Waals surface area contributed by atoms with Crippen molar-refractivity contribution in [3.8, 4) is 5.75 Å². The summed E-state index contributed by atoms with van der Waals surface area (Å²) in [5.41, 5.74) is 1.49. The zero-order chi connectivity index (χ0) is 22.5. The van der Waals surface area contributed by atoms with Gasteiger partial charge in [-0.15, -0.1) is 0 Å². The van der Waals surface area contributed by atoms with E-state index in [0.717, 1.165) is 17.8 Å². The summed E-state index contributed by atoms with van der Waals surface area (Å²) in [6.07, 6.45) is 0.944. The molecule has 10 heteroatoms. The van der Waals surface area contributed by atoms with Gasteiger partial charge in [0.15, 0.2) is 0 Å². The standard InChI is InChI=1S/C20H27FN4O4S/c1-13-6-7-16(12-22-13)24-19(26)25-17-8-15(21)9-18(10-17)29-14(2)11-23-30(27,28)20(3,4)5/h6-10,12,14,23H,11H2,1-5H3,(H2,24,25,26)/t14-/m0/s1. The van der Waals surface area contributed by atoms with E-state index in [1.165, 1.54) is 12.3 Å². The number of ether oxygens (including phenoxy) is 1. The Labute approximate surface area is 176 Å². The predicted molar refractivity (Wildman–Crippen MR) is 115 cm³/mol. The van der Waals surface area contributed by atoms with Gasteiger partial charge >= 0.3 is 6.03 Å². The molecule has 1 aromatic carbocycles. The largest absolute Gasteiger partial charge is 0.489 e. The lowest BCUT2D eigenvalue weighted by Gasteiger charge is -2.22. The van der Waals surface area contributed by atoms with Crippen molar-refractivity contribution >= 4 is 27.4 Å². The van der Waals surface area contributed by atoms with Crippen LogP contribution < -0.4 is 20.1 Å². The van der Waals surface area contributed by atoms with Gasteiger partial charge in [-0.3, -0.25) is 4.98 Å². The molecule has 0 aliphatic carbocycles. The third-order valence-corrected chi connectivity index (χ3v) is 6.16. The highest BCUT2D eigenvalue weighted by atomic mass is 32.2. The Bertz CT molecular complexity index is 989. The topological polar surface area (TPSA) is 109 Å². The van der Waals surface area contributed by atoms with Gasteiger partial charge in [-0.1, -0.05) is 0 Å². The van der Waals surface area contributed by atoms with Crippen molar-refractivity contribution in [3.63, 3.8) is 0 Å². The van der Waals surface area contributed by atoms with Gasteiger partial charge in [0.05, 0.1) is 16.6 Å². The van der Waals surface area contributed by atoms with E-state index < -0.39 is 32.7 Å². The minimum atomic E-state index is -3.52. The van der Waals surface area contributed by atoms with Gasteiger partial charge < -0.3 is 15.4 Å². The van der Waals surface area contributed by atoms with Crippen LogP contribution in [-0.2, 0) is 10.0 Å². The van der Waals surface area contributed by atoms with Crippen LogP contribution in [0, 0.1) is 12.7 Å². The van der Waals surface area contributed by atoms with Gasteiger partial charge in [-0.2, -0.15) is 0 Å². The van der Waals surface area contributed by atoms with Gasteiger partial charge in [0.1, 0.15) is 17.7 Å². The molecule has 0 unspecified atom stereocenters. The van der Waals surface area contributed by atoms with Crippen LogP contribution in [0.1, 0.15) is 33.4 Å².